The lowest BCUT2D eigenvalue weighted by Crippen LogP contribution is -1.94. The molecule has 3 heterocycles. The highest BCUT2D eigenvalue weighted by atomic mass is 14.7. The zero-order valence-electron chi connectivity index (χ0n) is 48.1. The fraction of sp³-hybridized carbons (Fsp3) is 0. The number of benzene rings is 11. The highest BCUT2D eigenvalue weighted by Crippen LogP contribution is 2.46. The minimum absolute atomic E-state index is 0.912. The summed E-state index contributed by atoms with van der Waals surface area (Å²) in [6.45, 7) is 0. The van der Waals surface area contributed by atoms with Crippen LogP contribution in [-0.2, 0) is 0 Å². The second-order valence-electron chi connectivity index (χ2n) is 21.6. The van der Waals surface area contributed by atoms with Gasteiger partial charge in [-0.3, -0.25) is 15.0 Å². The van der Waals surface area contributed by atoms with Crippen molar-refractivity contribution in [3.8, 4) is 146 Å². The molecule has 3 heteroatoms. The minimum atomic E-state index is 0.912. The third-order valence-electron chi connectivity index (χ3n) is 16.0. The van der Waals surface area contributed by atoms with Gasteiger partial charge in [0.15, 0.2) is 0 Å². The van der Waals surface area contributed by atoms with Crippen LogP contribution in [0.15, 0.2) is 334 Å². The first kappa shape index (κ1) is 54.0. The van der Waals surface area contributed by atoms with Crippen molar-refractivity contribution in [1.29, 1.82) is 0 Å². The SMILES string of the molecule is C(#Cc1ccc(-c2cc(-c3ccccn3)ccc2-c2ccccc2-c2cc(-c3ccccc3-c3ccc(-c4ccccn4)cc3)cc(-c3ccccc3-c3ccc(-c4ccccn4)cc3-c3ccc(C#Cc4ccccc4)cc3)c2)cc1)c1ccccc1. The Balaban J connectivity index is 0.943. The summed E-state index contributed by atoms with van der Waals surface area (Å²) in [6.07, 6.45) is 5.56. The number of hydrogen-bond acceptors (Lipinski definition) is 3. The monoisotopic (exact) mass is 1120 g/mol. The van der Waals surface area contributed by atoms with Crippen LogP contribution in [-0.4, -0.2) is 15.0 Å². The van der Waals surface area contributed by atoms with Crippen molar-refractivity contribution >= 4 is 0 Å². The molecular formula is C85H55N3. The number of rotatable bonds is 11. The zero-order chi connectivity index (χ0) is 58.9. The van der Waals surface area contributed by atoms with Crippen LogP contribution in [0.4, 0.5) is 0 Å². The average Bonchev–Trinajstić information content (AvgIpc) is 3.66. The molecule has 0 saturated carbocycles. The van der Waals surface area contributed by atoms with E-state index in [9.17, 15) is 0 Å². The van der Waals surface area contributed by atoms with Gasteiger partial charge in [0.2, 0.25) is 0 Å². The van der Waals surface area contributed by atoms with Crippen molar-refractivity contribution in [2.75, 3.05) is 0 Å². The summed E-state index contributed by atoms with van der Waals surface area (Å²) in [4.78, 5) is 14.3. The van der Waals surface area contributed by atoms with Gasteiger partial charge in [0.1, 0.15) is 0 Å². The maximum Gasteiger partial charge on any atom is 0.0702 e. The Bertz CT molecular complexity index is 4650. The van der Waals surface area contributed by atoms with Gasteiger partial charge in [0, 0.05) is 57.5 Å². The van der Waals surface area contributed by atoms with Gasteiger partial charge in [0.25, 0.3) is 0 Å². The van der Waals surface area contributed by atoms with Gasteiger partial charge in [-0.2, -0.15) is 0 Å². The molecule has 0 bridgehead atoms. The summed E-state index contributed by atoms with van der Waals surface area (Å²) in [5.74, 6) is 13.5. The molecule has 0 aliphatic carbocycles. The van der Waals surface area contributed by atoms with Crippen LogP contribution in [0.1, 0.15) is 22.3 Å². The predicted octanol–water partition coefficient (Wildman–Crippen LogP) is 21.0. The number of pyridine rings is 3. The second-order valence-corrected chi connectivity index (χ2v) is 21.6. The smallest absolute Gasteiger partial charge is 0.0702 e. The molecule has 0 spiro atoms. The minimum Gasteiger partial charge on any atom is -0.256 e. The average molecular weight is 1120 g/mol. The maximum absolute atomic E-state index is 4.80. The standard InChI is InChI=1S/C85H55N3/c1-3-19-60(20-4-1)32-34-62-36-40-65(41-37-62)81-58-68(84-30-14-17-53-87-84)48-50-79(81)77-27-11-9-25-75(77)71-55-70(74-24-8-7-23-73(74)64-44-46-67(47-45-64)83-29-13-16-52-86-83)56-72(57-71)76-26-10-12-28-78(76)80-51-49-69(85-31-15-18-54-88-85)59-82(80)66-42-38-63(39-43-66)35-33-61-21-5-2-6-22-61/h1-31,36-59H. The van der Waals surface area contributed by atoms with E-state index in [1.165, 1.54) is 0 Å². The van der Waals surface area contributed by atoms with E-state index in [0.717, 1.165) is 145 Å². The summed E-state index contributed by atoms with van der Waals surface area (Å²) < 4.78 is 0. The van der Waals surface area contributed by atoms with Crippen molar-refractivity contribution in [3.05, 3.63) is 356 Å². The van der Waals surface area contributed by atoms with E-state index in [-0.39, 0.29) is 0 Å². The molecule has 88 heavy (non-hydrogen) atoms. The van der Waals surface area contributed by atoms with Gasteiger partial charge in [-0.25, -0.2) is 0 Å². The van der Waals surface area contributed by atoms with E-state index >= 15 is 0 Å². The molecule has 0 fully saturated rings. The fourth-order valence-electron chi connectivity index (χ4n) is 11.6. The van der Waals surface area contributed by atoms with E-state index in [2.05, 4.69) is 247 Å². The number of aromatic nitrogens is 3. The third kappa shape index (κ3) is 11.8. The van der Waals surface area contributed by atoms with Crippen LogP contribution in [0.2, 0.25) is 0 Å². The molecule has 0 aliphatic rings. The Labute approximate surface area is 514 Å². The summed E-state index contributed by atoms with van der Waals surface area (Å²) in [5.41, 5.74) is 27.4. The first-order valence-electron chi connectivity index (χ1n) is 29.5. The van der Waals surface area contributed by atoms with Gasteiger partial charge >= 0.3 is 0 Å². The van der Waals surface area contributed by atoms with Crippen molar-refractivity contribution in [3.63, 3.8) is 0 Å². The normalized spacial score (nSPS) is 10.8. The summed E-state index contributed by atoms with van der Waals surface area (Å²) in [6, 6.07) is 112. The predicted molar refractivity (Wildman–Crippen MR) is 364 cm³/mol. The number of nitrogens with zero attached hydrogens (tertiary/aromatic N) is 3. The van der Waals surface area contributed by atoms with Crippen LogP contribution in [0.25, 0.3) is 123 Å². The van der Waals surface area contributed by atoms with Gasteiger partial charge in [-0.05, 0) is 204 Å². The van der Waals surface area contributed by atoms with Crippen molar-refractivity contribution in [1.82, 2.24) is 15.0 Å². The lowest BCUT2D eigenvalue weighted by Gasteiger charge is -2.20. The van der Waals surface area contributed by atoms with Crippen LogP contribution in [0, 0.1) is 23.7 Å². The highest BCUT2D eigenvalue weighted by molar-refractivity contribution is 5.99. The molecule has 11 aromatic carbocycles. The number of hydrogen-bond donors (Lipinski definition) is 0. The van der Waals surface area contributed by atoms with E-state index in [4.69, 9.17) is 9.97 Å². The van der Waals surface area contributed by atoms with Gasteiger partial charge in [0.05, 0.1) is 17.1 Å². The van der Waals surface area contributed by atoms with Crippen LogP contribution >= 0.6 is 0 Å². The molecule has 0 saturated heterocycles. The highest BCUT2D eigenvalue weighted by Gasteiger charge is 2.20. The Morgan fingerprint density at radius 3 is 0.795 bits per heavy atom. The van der Waals surface area contributed by atoms with E-state index in [1.807, 2.05) is 116 Å². The zero-order valence-corrected chi connectivity index (χ0v) is 48.1. The second kappa shape index (κ2) is 25.1. The molecule has 3 aromatic heterocycles. The maximum atomic E-state index is 4.80. The van der Waals surface area contributed by atoms with E-state index in [1.54, 1.807) is 0 Å². The molecule has 0 radical (unpaired) electrons. The first-order valence-corrected chi connectivity index (χ1v) is 29.5. The Morgan fingerprint density at radius 1 is 0.159 bits per heavy atom. The lowest BCUT2D eigenvalue weighted by molar-refractivity contribution is 1.33. The van der Waals surface area contributed by atoms with Gasteiger partial charge in [-0.15, -0.1) is 0 Å². The summed E-state index contributed by atoms with van der Waals surface area (Å²) >= 11 is 0. The molecule has 0 atom stereocenters. The van der Waals surface area contributed by atoms with Crippen molar-refractivity contribution in [2.45, 2.75) is 0 Å². The summed E-state index contributed by atoms with van der Waals surface area (Å²) in [7, 11) is 0. The van der Waals surface area contributed by atoms with Crippen molar-refractivity contribution < 1.29 is 0 Å². The summed E-state index contributed by atoms with van der Waals surface area (Å²) in [5, 5.41) is 0. The quantitative estimate of drug-likeness (QED) is 0.121. The fourth-order valence-corrected chi connectivity index (χ4v) is 11.6. The molecule has 410 valence electrons. The Hall–Kier alpha value is -12.0. The van der Waals surface area contributed by atoms with E-state index < -0.39 is 0 Å². The molecule has 0 N–H and O–H groups in total. The van der Waals surface area contributed by atoms with Crippen LogP contribution in [0.3, 0.4) is 0 Å². The molecule has 0 unspecified atom stereocenters. The van der Waals surface area contributed by atoms with Crippen molar-refractivity contribution in [2.24, 2.45) is 0 Å². The largest absolute Gasteiger partial charge is 0.256 e. The van der Waals surface area contributed by atoms with Gasteiger partial charge < -0.3 is 0 Å². The Kier molecular flexibility index (Phi) is 15.4. The van der Waals surface area contributed by atoms with Crippen LogP contribution in [0.5, 0.6) is 0 Å². The molecular weight excluding hydrogens is 1060 g/mol. The molecule has 0 aliphatic heterocycles. The topological polar surface area (TPSA) is 38.7 Å². The van der Waals surface area contributed by atoms with Crippen LogP contribution < -0.4 is 0 Å². The Morgan fingerprint density at radius 2 is 0.420 bits per heavy atom. The molecule has 3 nitrogen and oxygen atoms in total. The third-order valence-corrected chi connectivity index (χ3v) is 16.0. The molecule has 14 rings (SSSR count). The molecule has 0 amide bonds. The first-order chi connectivity index (χ1) is 43.6. The lowest BCUT2D eigenvalue weighted by atomic mass is 9.84. The van der Waals surface area contributed by atoms with Gasteiger partial charge in [-0.1, -0.05) is 224 Å². The van der Waals surface area contributed by atoms with E-state index in [0.29, 0.717) is 0 Å². The molecule has 14 aromatic rings.